The van der Waals surface area contributed by atoms with Crippen molar-refractivity contribution in [2.45, 2.75) is 20.4 Å². The number of anilines is 1. The van der Waals surface area contributed by atoms with Crippen molar-refractivity contribution in [3.05, 3.63) is 44.6 Å². The van der Waals surface area contributed by atoms with Crippen LogP contribution in [0.3, 0.4) is 0 Å². The lowest BCUT2D eigenvalue weighted by Gasteiger charge is -2.36. The molecular weight excluding hydrogens is 418 g/mol. The average Bonchev–Trinajstić information content (AvgIpc) is 2.98. The van der Waals surface area contributed by atoms with Gasteiger partial charge in [-0.05, 0) is 32.5 Å². The van der Waals surface area contributed by atoms with Gasteiger partial charge in [0.1, 0.15) is 21.8 Å². The Morgan fingerprint density at radius 2 is 1.93 bits per heavy atom. The van der Waals surface area contributed by atoms with Gasteiger partial charge >= 0.3 is 0 Å². The maximum Gasteiger partial charge on any atom is 0.270 e. The van der Waals surface area contributed by atoms with E-state index in [4.69, 9.17) is 12.2 Å². The Bertz CT molecular complexity index is 1030. The van der Waals surface area contributed by atoms with Gasteiger partial charge < -0.3 is 9.80 Å². The first-order valence-electron chi connectivity index (χ1n) is 9.81. The normalized spacial score (nSPS) is 18.9. The highest BCUT2D eigenvalue weighted by Gasteiger charge is 2.32. The molecule has 3 heterocycles. The zero-order valence-electron chi connectivity index (χ0n) is 17.5. The number of carbonyl (C=O) groups excluding carboxylic acids is 1. The molecule has 0 N–H and O–H groups in total. The number of pyridine rings is 1. The van der Waals surface area contributed by atoms with E-state index in [1.54, 1.807) is 23.6 Å². The van der Waals surface area contributed by atoms with Gasteiger partial charge in [-0.2, -0.15) is 5.26 Å². The van der Waals surface area contributed by atoms with Gasteiger partial charge in [-0.3, -0.25) is 19.1 Å². The summed E-state index contributed by atoms with van der Waals surface area (Å²) in [5, 5.41) is 9.63. The summed E-state index contributed by atoms with van der Waals surface area (Å²) < 4.78 is 2.13. The molecule has 0 atom stereocenters. The van der Waals surface area contributed by atoms with E-state index in [1.807, 2.05) is 6.92 Å². The first-order valence-corrected chi connectivity index (χ1v) is 11.0. The van der Waals surface area contributed by atoms with E-state index in [-0.39, 0.29) is 17.0 Å². The van der Waals surface area contributed by atoms with E-state index in [0.29, 0.717) is 27.9 Å². The molecule has 0 radical (unpaired) electrons. The van der Waals surface area contributed by atoms with Gasteiger partial charge in [0.05, 0.1) is 4.91 Å². The van der Waals surface area contributed by atoms with Gasteiger partial charge in [0.25, 0.3) is 11.5 Å². The lowest BCUT2D eigenvalue weighted by atomic mass is 10.0. The fraction of sp³-hybridized carbons (Fsp3) is 0.429. The average molecular weight is 444 g/mol. The van der Waals surface area contributed by atoms with Crippen molar-refractivity contribution in [2.75, 3.05) is 44.7 Å². The summed E-state index contributed by atoms with van der Waals surface area (Å²) in [5.41, 5.74) is 1.15. The van der Waals surface area contributed by atoms with Crippen LogP contribution in [0.5, 0.6) is 0 Å². The van der Waals surface area contributed by atoms with E-state index in [0.717, 1.165) is 37.6 Å². The molecule has 7 nitrogen and oxygen atoms in total. The molecule has 0 spiro atoms. The first-order chi connectivity index (χ1) is 14.3. The number of piperazine rings is 1. The van der Waals surface area contributed by atoms with Crippen LogP contribution in [0.15, 0.2) is 22.4 Å². The molecule has 3 rings (SSSR count). The van der Waals surface area contributed by atoms with Crippen molar-refractivity contribution in [1.29, 1.82) is 5.26 Å². The number of aromatic nitrogens is 1. The summed E-state index contributed by atoms with van der Waals surface area (Å²) in [4.78, 5) is 32.3. The lowest BCUT2D eigenvalue weighted by molar-refractivity contribution is -0.121. The minimum atomic E-state index is -0.289. The van der Waals surface area contributed by atoms with Gasteiger partial charge in [-0.1, -0.05) is 30.1 Å². The van der Waals surface area contributed by atoms with Crippen molar-refractivity contribution in [1.82, 2.24) is 14.4 Å². The van der Waals surface area contributed by atoms with Crippen molar-refractivity contribution in [2.24, 2.45) is 0 Å². The third-order valence-corrected chi connectivity index (χ3v) is 6.80. The minimum absolute atomic E-state index is 0.113. The third-order valence-electron chi connectivity index (χ3n) is 5.43. The molecule has 158 valence electrons. The fourth-order valence-electron chi connectivity index (χ4n) is 3.71. The number of nitrogens with zero attached hydrogens (tertiary/aromatic N) is 5. The topological polar surface area (TPSA) is 72.6 Å². The van der Waals surface area contributed by atoms with Crippen LogP contribution >= 0.6 is 24.0 Å². The minimum Gasteiger partial charge on any atom is -0.355 e. The number of likely N-dealkylation sites (N-methyl/N-ethyl adjacent to an activating group) is 1. The van der Waals surface area contributed by atoms with Gasteiger partial charge in [-0.15, -0.1) is 6.58 Å². The summed E-state index contributed by atoms with van der Waals surface area (Å²) in [6, 6.07) is 2.06. The molecule has 30 heavy (non-hydrogen) atoms. The highest BCUT2D eigenvalue weighted by molar-refractivity contribution is 8.26. The molecule has 2 aliphatic rings. The van der Waals surface area contributed by atoms with E-state index in [9.17, 15) is 14.9 Å². The van der Waals surface area contributed by atoms with Crippen molar-refractivity contribution in [3.63, 3.8) is 0 Å². The molecule has 0 unspecified atom stereocenters. The van der Waals surface area contributed by atoms with Gasteiger partial charge in [-0.25, -0.2) is 0 Å². The molecule has 1 aromatic heterocycles. The van der Waals surface area contributed by atoms with Crippen molar-refractivity contribution >= 4 is 46.1 Å². The summed E-state index contributed by atoms with van der Waals surface area (Å²) in [5.74, 6) is 0.586. The second-order valence-corrected chi connectivity index (χ2v) is 8.95. The molecule has 0 aromatic carbocycles. The Hall–Kier alpha value is -2.41. The van der Waals surface area contributed by atoms with Crippen LogP contribution in [0, 0.1) is 18.3 Å². The SMILES string of the molecule is C=CCN1C(=O)C(=Cc2c(C)c(C#N)c(=O)n(CC)c2N2CCN(C)CC2)SC1=S. The highest BCUT2D eigenvalue weighted by atomic mass is 32.2. The van der Waals surface area contributed by atoms with Crippen LogP contribution in [0.25, 0.3) is 6.08 Å². The van der Waals surface area contributed by atoms with E-state index >= 15 is 0 Å². The summed E-state index contributed by atoms with van der Waals surface area (Å²) in [7, 11) is 2.07. The molecule has 1 amide bonds. The first kappa shape index (κ1) is 22.3. The van der Waals surface area contributed by atoms with Crippen LogP contribution in [0.1, 0.15) is 23.6 Å². The number of thiocarbonyl (C=S) groups is 1. The second kappa shape index (κ2) is 9.16. The molecule has 9 heteroatoms. The highest BCUT2D eigenvalue weighted by Crippen LogP contribution is 2.35. The predicted octanol–water partition coefficient (Wildman–Crippen LogP) is 2.19. The predicted molar refractivity (Wildman–Crippen MR) is 126 cm³/mol. The van der Waals surface area contributed by atoms with Gasteiger partial charge in [0.2, 0.25) is 0 Å². The molecule has 2 saturated heterocycles. The lowest BCUT2D eigenvalue weighted by Crippen LogP contribution is -2.47. The molecular formula is C21H25N5O2S2. The Balaban J connectivity index is 2.21. The van der Waals surface area contributed by atoms with E-state index in [2.05, 4.69) is 29.5 Å². The Morgan fingerprint density at radius 3 is 2.50 bits per heavy atom. The standard InChI is InChI=1S/C21H25N5O2S2/c1-5-7-26-20(28)17(30-21(26)29)12-15-14(3)16(13-22)19(27)25(6-2)18(15)24-10-8-23(4)9-11-24/h5,12H,1,6-11H2,2-4H3. The maximum atomic E-state index is 13.0. The molecule has 0 bridgehead atoms. The largest absolute Gasteiger partial charge is 0.355 e. The van der Waals surface area contributed by atoms with Crippen LogP contribution in [-0.4, -0.2) is 64.4 Å². The van der Waals surface area contributed by atoms with Crippen LogP contribution in [-0.2, 0) is 11.3 Å². The quantitative estimate of drug-likeness (QED) is 0.392. The number of carbonyl (C=O) groups is 1. The molecule has 2 aliphatic heterocycles. The zero-order chi connectivity index (χ0) is 22.0. The second-order valence-electron chi connectivity index (χ2n) is 7.27. The monoisotopic (exact) mass is 443 g/mol. The van der Waals surface area contributed by atoms with Gasteiger partial charge in [0, 0.05) is 44.8 Å². The summed E-state index contributed by atoms with van der Waals surface area (Å²) in [6.45, 7) is 11.4. The summed E-state index contributed by atoms with van der Waals surface area (Å²) in [6.07, 6.45) is 3.43. The number of thioether (sulfide) groups is 1. The van der Waals surface area contributed by atoms with Crippen LogP contribution < -0.4 is 10.5 Å². The number of rotatable bonds is 5. The Morgan fingerprint density at radius 1 is 1.27 bits per heavy atom. The molecule has 1 aromatic rings. The number of amides is 1. The third kappa shape index (κ3) is 3.95. The number of nitriles is 1. The molecule has 2 fully saturated rings. The van der Waals surface area contributed by atoms with Crippen LogP contribution in [0.2, 0.25) is 0 Å². The fourth-order valence-corrected chi connectivity index (χ4v) is 4.97. The Labute approximate surface area is 186 Å². The van der Waals surface area contributed by atoms with Crippen molar-refractivity contribution < 1.29 is 4.79 Å². The van der Waals surface area contributed by atoms with E-state index < -0.39 is 0 Å². The van der Waals surface area contributed by atoms with Gasteiger partial charge in [0.15, 0.2) is 0 Å². The number of hydrogen-bond acceptors (Lipinski definition) is 7. The number of hydrogen-bond donors (Lipinski definition) is 0. The van der Waals surface area contributed by atoms with E-state index in [1.165, 1.54) is 16.7 Å². The van der Waals surface area contributed by atoms with Crippen LogP contribution in [0.4, 0.5) is 5.82 Å². The zero-order valence-corrected chi connectivity index (χ0v) is 19.1. The Kier molecular flexibility index (Phi) is 6.81. The molecule has 0 saturated carbocycles. The maximum absolute atomic E-state index is 13.0. The smallest absolute Gasteiger partial charge is 0.270 e. The molecule has 0 aliphatic carbocycles. The van der Waals surface area contributed by atoms with Crippen molar-refractivity contribution in [3.8, 4) is 6.07 Å². The summed E-state index contributed by atoms with van der Waals surface area (Å²) >= 11 is 6.59.